The van der Waals surface area contributed by atoms with Crippen molar-refractivity contribution in [2.75, 3.05) is 5.32 Å². The fourth-order valence-electron chi connectivity index (χ4n) is 2.47. The number of nitrogens with zero attached hydrogens (tertiary/aromatic N) is 2. The zero-order chi connectivity index (χ0) is 18.8. The maximum Gasteiger partial charge on any atom is 0.328 e. The first-order valence-corrected chi connectivity index (χ1v) is 8.27. The van der Waals surface area contributed by atoms with Crippen LogP contribution in [0.3, 0.4) is 0 Å². The van der Waals surface area contributed by atoms with Crippen molar-refractivity contribution in [3.8, 4) is 11.3 Å². The molecule has 3 rings (SSSR count). The Morgan fingerprint density at radius 1 is 1.19 bits per heavy atom. The van der Waals surface area contributed by atoms with Crippen LogP contribution >= 0.6 is 23.2 Å². The number of aryl methyl sites for hydroxylation is 1. The number of carboxylic acids is 1. The molecular weight excluding hydrogens is 377 g/mol. The van der Waals surface area contributed by atoms with Crippen LogP contribution in [-0.2, 0) is 9.59 Å². The molecule has 6 nitrogen and oxygen atoms in total. The summed E-state index contributed by atoms with van der Waals surface area (Å²) in [7, 11) is 0. The number of rotatable bonds is 4. The van der Waals surface area contributed by atoms with Crippen molar-refractivity contribution in [3.05, 3.63) is 64.3 Å². The lowest BCUT2D eigenvalue weighted by molar-refractivity contribution is -0.131. The molecule has 0 saturated heterocycles. The van der Waals surface area contributed by atoms with E-state index in [1.54, 1.807) is 28.8 Å². The van der Waals surface area contributed by atoms with E-state index >= 15 is 0 Å². The third kappa shape index (κ3) is 3.56. The number of pyridine rings is 1. The number of nitrogens with one attached hydrogen (secondary N) is 1. The number of carboxylic acid groups (broad SMARTS) is 1. The van der Waals surface area contributed by atoms with Gasteiger partial charge < -0.3 is 10.4 Å². The number of halogens is 2. The lowest BCUT2D eigenvalue weighted by Gasteiger charge is -2.07. The van der Waals surface area contributed by atoms with E-state index in [9.17, 15) is 9.59 Å². The topological polar surface area (TPSA) is 83.7 Å². The van der Waals surface area contributed by atoms with Crippen LogP contribution in [0.5, 0.6) is 0 Å². The number of anilines is 1. The normalized spacial score (nSPS) is 11.2. The van der Waals surface area contributed by atoms with E-state index in [0.29, 0.717) is 32.8 Å². The molecule has 8 heteroatoms. The SMILES string of the molecule is Cc1cccn2c(NC(=O)/C=C/C(=O)O)c(-c3ccc(Cl)c(Cl)c3)nc12. The monoisotopic (exact) mass is 389 g/mol. The molecule has 0 aliphatic heterocycles. The van der Waals surface area contributed by atoms with Gasteiger partial charge in [0.1, 0.15) is 17.2 Å². The van der Waals surface area contributed by atoms with Crippen molar-refractivity contribution in [2.24, 2.45) is 0 Å². The molecule has 0 radical (unpaired) electrons. The molecule has 2 aromatic heterocycles. The minimum absolute atomic E-state index is 0.362. The van der Waals surface area contributed by atoms with Crippen LogP contribution in [0.25, 0.3) is 16.9 Å². The van der Waals surface area contributed by atoms with E-state index < -0.39 is 11.9 Å². The molecule has 0 aliphatic carbocycles. The summed E-state index contributed by atoms with van der Waals surface area (Å²) < 4.78 is 1.72. The van der Waals surface area contributed by atoms with Crippen molar-refractivity contribution in [3.63, 3.8) is 0 Å². The molecule has 2 N–H and O–H groups in total. The van der Waals surface area contributed by atoms with Gasteiger partial charge in [0.15, 0.2) is 0 Å². The Bertz CT molecular complexity index is 1060. The van der Waals surface area contributed by atoms with Gasteiger partial charge in [-0.1, -0.05) is 35.3 Å². The molecule has 0 atom stereocenters. The highest BCUT2D eigenvalue weighted by atomic mass is 35.5. The Kier molecular flexibility index (Phi) is 4.97. The van der Waals surface area contributed by atoms with Gasteiger partial charge in [-0.3, -0.25) is 9.20 Å². The Hall–Kier alpha value is -2.83. The first kappa shape index (κ1) is 18.0. The summed E-state index contributed by atoms with van der Waals surface area (Å²) in [5.74, 6) is -1.39. The highest BCUT2D eigenvalue weighted by Gasteiger charge is 2.17. The second-order valence-corrected chi connectivity index (χ2v) is 6.30. The van der Waals surface area contributed by atoms with Gasteiger partial charge in [0, 0.05) is 23.9 Å². The third-order valence-corrected chi connectivity index (χ3v) is 4.40. The molecule has 1 amide bonds. The summed E-state index contributed by atoms with van der Waals surface area (Å²) in [5, 5.41) is 12.1. The van der Waals surface area contributed by atoms with Gasteiger partial charge in [-0.15, -0.1) is 0 Å². The molecule has 0 fully saturated rings. The first-order valence-electron chi connectivity index (χ1n) is 7.52. The number of amides is 1. The van der Waals surface area contributed by atoms with Crippen LogP contribution in [0.4, 0.5) is 5.82 Å². The average Bonchev–Trinajstić information content (AvgIpc) is 2.95. The van der Waals surface area contributed by atoms with Gasteiger partial charge in [0.25, 0.3) is 0 Å². The van der Waals surface area contributed by atoms with Gasteiger partial charge in [0.2, 0.25) is 5.91 Å². The lowest BCUT2D eigenvalue weighted by atomic mass is 10.1. The predicted molar refractivity (Wildman–Crippen MR) is 101 cm³/mol. The zero-order valence-corrected chi connectivity index (χ0v) is 15.0. The first-order chi connectivity index (χ1) is 12.4. The van der Waals surface area contributed by atoms with Crippen LogP contribution in [0, 0.1) is 6.92 Å². The average molecular weight is 390 g/mol. The molecule has 0 unspecified atom stereocenters. The number of hydrogen-bond donors (Lipinski definition) is 2. The van der Waals surface area contributed by atoms with Crippen LogP contribution in [0.1, 0.15) is 5.56 Å². The third-order valence-electron chi connectivity index (χ3n) is 3.66. The molecular formula is C18H13Cl2N3O3. The maximum absolute atomic E-state index is 12.1. The number of aromatic nitrogens is 2. The minimum Gasteiger partial charge on any atom is -0.478 e. The standard InChI is InChI=1S/C18H13Cl2N3O3/c1-10-3-2-8-23-17(10)22-16(11-4-5-12(19)13(20)9-11)18(23)21-14(24)6-7-15(25)26/h2-9H,1H3,(H,21,24)(H,25,26)/b7-6+. The van der Waals surface area contributed by atoms with Gasteiger partial charge in [0.05, 0.1) is 10.0 Å². The van der Waals surface area contributed by atoms with Gasteiger partial charge >= 0.3 is 5.97 Å². The van der Waals surface area contributed by atoms with Crippen molar-refractivity contribution in [2.45, 2.75) is 6.92 Å². The van der Waals surface area contributed by atoms with Crippen molar-refractivity contribution in [1.82, 2.24) is 9.38 Å². The highest BCUT2D eigenvalue weighted by molar-refractivity contribution is 6.42. The van der Waals surface area contributed by atoms with E-state index in [4.69, 9.17) is 28.3 Å². The maximum atomic E-state index is 12.1. The number of carbonyl (C=O) groups is 2. The molecule has 0 spiro atoms. The summed E-state index contributed by atoms with van der Waals surface area (Å²) in [4.78, 5) is 27.3. The van der Waals surface area contributed by atoms with Crippen LogP contribution in [0.15, 0.2) is 48.7 Å². The molecule has 132 valence electrons. The fourth-order valence-corrected chi connectivity index (χ4v) is 2.77. The number of carbonyl (C=O) groups excluding carboxylic acids is 1. The zero-order valence-electron chi connectivity index (χ0n) is 13.5. The van der Waals surface area contributed by atoms with Crippen LogP contribution in [0.2, 0.25) is 10.0 Å². The fraction of sp³-hybridized carbons (Fsp3) is 0.0556. The summed E-state index contributed by atoms with van der Waals surface area (Å²) in [5.41, 5.74) is 2.73. The molecule has 3 aromatic rings. The largest absolute Gasteiger partial charge is 0.478 e. The predicted octanol–water partition coefficient (Wildman–Crippen LogP) is 4.20. The Morgan fingerprint density at radius 3 is 2.65 bits per heavy atom. The number of aliphatic carboxylic acids is 1. The number of hydrogen-bond acceptors (Lipinski definition) is 3. The van der Waals surface area contributed by atoms with E-state index in [-0.39, 0.29) is 0 Å². The summed E-state index contributed by atoms with van der Waals surface area (Å²) in [6.07, 6.45) is 3.46. The van der Waals surface area contributed by atoms with E-state index in [0.717, 1.165) is 17.7 Å². The molecule has 0 saturated carbocycles. The quantitative estimate of drug-likeness (QED) is 0.655. The number of benzene rings is 1. The van der Waals surface area contributed by atoms with Crippen LogP contribution in [-0.4, -0.2) is 26.4 Å². The Morgan fingerprint density at radius 2 is 1.96 bits per heavy atom. The minimum atomic E-state index is -1.21. The lowest BCUT2D eigenvalue weighted by Crippen LogP contribution is -2.11. The molecule has 0 bridgehead atoms. The van der Waals surface area contributed by atoms with Gasteiger partial charge in [-0.25, -0.2) is 9.78 Å². The van der Waals surface area contributed by atoms with Crippen molar-refractivity contribution < 1.29 is 14.7 Å². The molecule has 26 heavy (non-hydrogen) atoms. The highest BCUT2D eigenvalue weighted by Crippen LogP contribution is 2.33. The van der Waals surface area contributed by atoms with E-state index in [2.05, 4.69) is 10.3 Å². The molecule has 0 aliphatic rings. The summed E-state index contributed by atoms with van der Waals surface area (Å²) in [6.45, 7) is 1.90. The smallest absolute Gasteiger partial charge is 0.328 e. The number of imidazole rings is 1. The summed E-state index contributed by atoms with van der Waals surface area (Å²) >= 11 is 12.1. The molecule has 2 heterocycles. The summed E-state index contributed by atoms with van der Waals surface area (Å²) in [6, 6.07) is 8.77. The molecule has 1 aromatic carbocycles. The van der Waals surface area contributed by atoms with E-state index in [1.807, 2.05) is 19.1 Å². The number of fused-ring (bicyclic) bond motifs is 1. The Balaban J connectivity index is 2.15. The van der Waals surface area contributed by atoms with Gasteiger partial charge in [-0.2, -0.15) is 0 Å². The van der Waals surface area contributed by atoms with Crippen molar-refractivity contribution in [1.29, 1.82) is 0 Å². The second-order valence-electron chi connectivity index (χ2n) is 5.48. The van der Waals surface area contributed by atoms with E-state index in [1.165, 1.54) is 0 Å². The van der Waals surface area contributed by atoms with Crippen molar-refractivity contribution >= 4 is 46.5 Å². The van der Waals surface area contributed by atoms with Gasteiger partial charge in [-0.05, 0) is 30.7 Å². The van der Waals surface area contributed by atoms with Crippen LogP contribution < -0.4 is 5.32 Å². The Labute approximate surface area is 158 Å². The second kappa shape index (κ2) is 7.19.